The molecule has 0 saturated heterocycles. The van der Waals surface area contributed by atoms with Gasteiger partial charge in [-0.2, -0.15) is 0 Å². The lowest BCUT2D eigenvalue weighted by molar-refractivity contribution is -0.119. The Balaban J connectivity index is 1.82. The molecule has 3 rings (SSSR count). The summed E-state index contributed by atoms with van der Waals surface area (Å²) in [6.45, 7) is 0.192. The fourth-order valence-electron chi connectivity index (χ4n) is 3.13. The third-order valence-electron chi connectivity index (χ3n) is 4.61. The van der Waals surface area contributed by atoms with Gasteiger partial charge < -0.3 is 5.32 Å². The van der Waals surface area contributed by atoms with Crippen molar-refractivity contribution < 1.29 is 13.2 Å². The monoisotopic (exact) mass is 462 g/mol. The van der Waals surface area contributed by atoms with Crippen LogP contribution in [0.4, 0.5) is 5.69 Å². The normalized spacial score (nSPS) is 14.2. The second-order valence-electron chi connectivity index (χ2n) is 6.69. The third-order valence-corrected chi connectivity index (χ3v) is 6.89. The van der Waals surface area contributed by atoms with E-state index in [0.717, 1.165) is 28.0 Å². The van der Waals surface area contributed by atoms with Gasteiger partial charge in [-0.05, 0) is 56.0 Å². The van der Waals surface area contributed by atoms with E-state index in [1.54, 1.807) is 36.4 Å². The number of amides is 1. The lowest BCUT2D eigenvalue weighted by atomic mass is 10.00. The van der Waals surface area contributed by atoms with Crippen LogP contribution >= 0.6 is 15.9 Å². The number of benzene rings is 2. The predicted molar refractivity (Wildman–Crippen MR) is 115 cm³/mol. The highest BCUT2D eigenvalue weighted by Gasteiger charge is 2.27. The fourth-order valence-corrected chi connectivity index (χ4v) is 4.95. The number of sulfonamides is 1. The number of nitrogens with one attached hydrogen (secondary N) is 1. The highest BCUT2D eigenvalue weighted by Crippen LogP contribution is 2.26. The number of hydrogen-bond donors (Lipinski definition) is 1. The molecule has 0 atom stereocenters. The molecule has 2 aromatic carbocycles. The Morgan fingerprint density at radius 2 is 1.86 bits per heavy atom. The Bertz CT molecular complexity index is 959. The second-order valence-corrected chi connectivity index (χ2v) is 9.47. The molecule has 0 spiro atoms. The first kappa shape index (κ1) is 20.6. The minimum atomic E-state index is -3.87. The minimum absolute atomic E-state index is 0.151. The average molecular weight is 463 g/mol. The second kappa shape index (κ2) is 9.39. The average Bonchev–Trinajstić information content (AvgIpc) is 2.72. The molecule has 0 unspecified atom stereocenters. The number of allylic oxidation sites excluding steroid dienone is 1. The first-order chi connectivity index (χ1) is 13.5. The van der Waals surface area contributed by atoms with Crippen LogP contribution in [0.15, 0.2) is 75.6 Å². The Morgan fingerprint density at radius 1 is 1.07 bits per heavy atom. The van der Waals surface area contributed by atoms with Crippen molar-refractivity contribution in [1.29, 1.82) is 0 Å². The van der Waals surface area contributed by atoms with Crippen molar-refractivity contribution in [3.8, 4) is 0 Å². The minimum Gasteiger partial charge on any atom is -0.351 e. The van der Waals surface area contributed by atoms with Gasteiger partial charge in [0.1, 0.15) is 6.54 Å². The van der Waals surface area contributed by atoms with Crippen molar-refractivity contribution in [2.45, 2.75) is 30.6 Å². The van der Waals surface area contributed by atoms with Gasteiger partial charge in [-0.1, -0.05) is 51.8 Å². The Hall–Kier alpha value is -2.12. The molecule has 2 aromatic rings. The molecular formula is C21H23BrN2O3S. The molecule has 0 aliphatic heterocycles. The van der Waals surface area contributed by atoms with Crippen LogP contribution in [0.25, 0.3) is 0 Å². The summed E-state index contributed by atoms with van der Waals surface area (Å²) in [4.78, 5) is 12.7. The fraction of sp³-hybridized carbons (Fsp3) is 0.286. The first-order valence-electron chi connectivity index (χ1n) is 9.25. The number of halogens is 1. The summed E-state index contributed by atoms with van der Waals surface area (Å²) in [5.74, 6) is -0.328. The molecule has 1 aliphatic rings. The van der Waals surface area contributed by atoms with Crippen molar-refractivity contribution in [3.05, 3.63) is 70.7 Å². The molecule has 0 heterocycles. The number of carbonyl (C=O) groups is 1. The van der Waals surface area contributed by atoms with E-state index in [1.165, 1.54) is 24.1 Å². The van der Waals surface area contributed by atoms with Crippen molar-refractivity contribution in [1.82, 2.24) is 5.32 Å². The lowest BCUT2D eigenvalue weighted by Crippen LogP contribution is -2.41. The molecule has 7 heteroatoms. The standard InChI is InChI=1S/C21H23BrN2O3S/c22-18-10-7-11-19(14-18)24(28(26,27)20-12-5-2-6-13-20)16-21(25)23-15-17-8-3-1-4-9-17/h2,5-8,10-14H,1,3-4,9,15-16H2,(H,23,25). The Kier molecular flexibility index (Phi) is 6.91. The summed E-state index contributed by atoms with van der Waals surface area (Å²) >= 11 is 3.37. The van der Waals surface area contributed by atoms with Gasteiger partial charge in [0.05, 0.1) is 10.6 Å². The maximum atomic E-state index is 13.2. The van der Waals surface area contributed by atoms with Crippen LogP contribution in [0.2, 0.25) is 0 Å². The predicted octanol–water partition coefficient (Wildman–Crippen LogP) is 4.26. The van der Waals surface area contributed by atoms with Crippen LogP contribution in [0.3, 0.4) is 0 Å². The summed E-state index contributed by atoms with van der Waals surface area (Å²) in [6.07, 6.45) is 6.50. The van der Waals surface area contributed by atoms with Gasteiger partial charge in [-0.3, -0.25) is 9.10 Å². The zero-order valence-electron chi connectivity index (χ0n) is 15.5. The van der Waals surface area contributed by atoms with E-state index in [1.807, 2.05) is 6.07 Å². The van der Waals surface area contributed by atoms with E-state index in [0.29, 0.717) is 12.2 Å². The molecular weight excluding hydrogens is 440 g/mol. The van der Waals surface area contributed by atoms with Gasteiger partial charge in [-0.25, -0.2) is 8.42 Å². The van der Waals surface area contributed by atoms with E-state index < -0.39 is 10.0 Å². The van der Waals surface area contributed by atoms with E-state index in [4.69, 9.17) is 0 Å². The van der Waals surface area contributed by atoms with Crippen molar-refractivity contribution in [2.24, 2.45) is 0 Å². The quantitative estimate of drug-likeness (QED) is 0.624. The number of hydrogen-bond acceptors (Lipinski definition) is 3. The molecule has 1 amide bonds. The number of carbonyl (C=O) groups excluding carboxylic acids is 1. The molecule has 0 aromatic heterocycles. The summed E-state index contributed by atoms with van der Waals surface area (Å²) in [7, 11) is -3.87. The van der Waals surface area contributed by atoms with Gasteiger partial charge in [0.25, 0.3) is 10.0 Å². The lowest BCUT2D eigenvalue weighted by Gasteiger charge is -2.24. The van der Waals surface area contributed by atoms with Gasteiger partial charge in [0, 0.05) is 11.0 Å². The molecule has 0 saturated carbocycles. The zero-order valence-corrected chi connectivity index (χ0v) is 17.9. The number of rotatable bonds is 7. The summed E-state index contributed by atoms with van der Waals surface area (Å²) in [5, 5.41) is 2.87. The van der Waals surface area contributed by atoms with Crippen LogP contribution in [-0.2, 0) is 14.8 Å². The summed E-state index contributed by atoms with van der Waals surface area (Å²) in [5.41, 5.74) is 1.64. The van der Waals surface area contributed by atoms with Gasteiger partial charge in [0.15, 0.2) is 0 Å². The molecule has 1 N–H and O–H groups in total. The molecule has 148 valence electrons. The van der Waals surface area contributed by atoms with Crippen molar-refractivity contribution in [3.63, 3.8) is 0 Å². The number of anilines is 1. The molecule has 0 radical (unpaired) electrons. The molecule has 0 bridgehead atoms. The van der Waals surface area contributed by atoms with E-state index >= 15 is 0 Å². The van der Waals surface area contributed by atoms with Gasteiger partial charge in [0.2, 0.25) is 5.91 Å². The van der Waals surface area contributed by atoms with Crippen LogP contribution in [0.1, 0.15) is 25.7 Å². The first-order valence-corrected chi connectivity index (χ1v) is 11.5. The van der Waals surface area contributed by atoms with Gasteiger partial charge in [-0.15, -0.1) is 0 Å². The Morgan fingerprint density at radius 3 is 2.54 bits per heavy atom. The molecule has 0 fully saturated rings. The van der Waals surface area contributed by atoms with Crippen LogP contribution in [-0.4, -0.2) is 27.4 Å². The maximum Gasteiger partial charge on any atom is 0.264 e. The van der Waals surface area contributed by atoms with E-state index in [-0.39, 0.29) is 17.3 Å². The zero-order chi connectivity index (χ0) is 20.0. The van der Waals surface area contributed by atoms with Crippen LogP contribution in [0, 0.1) is 0 Å². The topological polar surface area (TPSA) is 66.5 Å². The summed E-state index contributed by atoms with van der Waals surface area (Å²) < 4.78 is 28.3. The summed E-state index contributed by atoms with van der Waals surface area (Å²) in [6, 6.07) is 15.1. The number of nitrogens with zero attached hydrogens (tertiary/aromatic N) is 1. The Labute approximate surface area is 174 Å². The molecule has 5 nitrogen and oxygen atoms in total. The van der Waals surface area contributed by atoms with Crippen molar-refractivity contribution in [2.75, 3.05) is 17.4 Å². The van der Waals surface area contributed by atoms with Crippen LogP contribution in [0.5, 0.6) is 0 Å². The van der Waals surface area contributed by atoms with Crippen LogP contribution < -0.4 is 9.62 Å². The van der Waals surface area contributed by atoms with Crippen molar-refractivity contribution >= 4 is 37.5 Å². The smallest absolute Gasteiger partial charge is 0.264 e. The highest BCUT2D eigenvalue weighted by molar-refractivity contribution is 9.10. The largest absolute Gasteiger partial charge is 0.351 e. The highest BCUT2D eigenvalue weighted by atomic mass is 79.9. The molecule has 1 aliphatic carbocycles. The SMILES string of the molecule is O=C(CN(c1cccc(Br)c1)S(=O)(=O)c1ccccc1)NCC1=CCCCC1. The van der Waals surface area contributed by atoms with E-state index in [9.17, 15) is 13.2 Å². The maximum absolute atomic E-state index is 13.2. The third kappa shape index (κ3) is 5.23. The molecule has 28 heavy (non-hydrogen) atoms. The van der Waals surface area contributed by atoms with Gasteiger partial charge >= 0.3 is 0 Å². The van der Waals surface area contributed by atoms with E-state index in [2.05, 4.69) is 27.3 Å².